The van der Waals surface area contributed by atoms with Gasteiger partial charge in [0.2, 0.25) is 5.91 Å². The first-order valence-corrected chi connectivity index (χ1v) is 5.88. The minimum Gasteiger partial charge on any atom is -0.339 e. The SMILES string of the molecule is C=CCN(CC)C(=O)CC(N)c1ccccc1. The molecule has 0 aromatic heterocycles. The van der Waals surface area contributed by atoms with E-state index in [-0.39, 0.29) is 11.9 Å². The van der Waals surface area contributed by atoms with Crippen LogP contribution in [0, 0.1) is 0 Å². The van der Waals surface area contributed by atoms with Crippen LogP contribution in [0.1, 0.15) is 24.9 Å². The van der Waals surface area contributed by atoms with Gasteiger partial charge in [0.15, 0.2) is 0 Å². The molecule has 3 heteroatoms. The molecule has 0 fully saturated rings. The smallest absolute Gasteiger partial charge is 0.224 e. The summed E-state index contributed by atoms with van der Waals surface area (Å²) in [7, 11) is 0. The molecule has 17 heavy (non-hydrogen) atoms. The largest absolute Gasteiger partial charge is 0.339 e. The van der Waals surface area contributed by atoms with Crippen LogP contribution < -0.4 is 5.73 Å². The highest BCUT2D eigenvalue weighted by atomic mass is 16.2. The number of carbonyl (C=O) groups is 1. The molecule has 92 valence electrons. The van der Waals surface area contributed by atoms with Gasteiger partial charge in [0.05, 0.1) is 0 Å². The van der Waals surface area contributed by atoms with Crippen LogP contribution in [0.25, 0.3) is 0 Å². The maximum atomic E-state index is 11.9. The second kappa shape index (κ2) is 6.86. The second-order valence-electron chi connectivity index (χ2n) is 3.94. The first-order chi connectivity index (χ1) is 8.19. The van der Waals surface area contributed by atoms with Crippen molar-refractivity contribution in [2.45, 2.75) is 19.4 Å². The van der Waals surface area contributed by atoms with Crippen LogP contribution in [0.15, 0.2) is 43.0 Å². The molecule has 0 saturated heterocycles. The Kier molecular flexibility index (Phi) is 5.43. The number of amides is 1. The minimum absolute atomic E-state index is 0.0729. The van der Waals surface area contributed by atoms with Crippen LogP contribution in [0.2, 0.25) is 0 Å². The van der Waals surface area contributed by atoms with Gasteiger partial charge in [-0.2, -0.15) is 0 Å². The van der Waals surface area contributed by atoms with E-state index in [0.717, 1.165) is 5.56 Å². The average molecular weight is 232 g/mol. The lowest BCUT2D eigenvalue weighted by atomic mass is 10.0. The maximum Gasteiger partial charge on any atom is 0.224 e. The standard InChI is InChI=1S/C14H20N2O/c1-3-10-16(4-2)14(17)11-13(15)12-8-6-5-7-9-12/h3,5-9,13H,1,4,10-11,15H2,2H3. The van der Waals surface area contributed by atoms with Gasteiger partial charge in [-0.15, -0.1) is 6.58 Å². The molecule has 3 nitrogen and oxygen atoms in total. The zero-order valence-corrected chi connectivity index (χ0v) is 10.3. The van der Waals surface area contributed by atoms with Crippen LogP contribution >= 0.6 is 0 Å². The Morgan fingerprint density at radius 1 is 1.47 bits per heavy atom. The van der Waals surface area contributed by atoms with Crippen molar-refractivity contribution in [3.63, 3.8) is 0 Å². The lowest BCUT2D eigenvalue weighted by molar-refractivity contribution is -0.130. The zero-order valence-electron chi connectivity index (χ0n) is 10.3. The molecule has 2 N–H and O–H groups in total. The lowest BCUT2D eigenvalue weighted by Crippen LogP contribution is -2.33. The topological polar surface area (TPSA) is 46.3 Å². The Morgan fingerprint density at radius 3 is 2.65 bits per heavy atom. The third-order valence-corrected chi connectivity index (χ3v) is 2.71. The van der Waals surface area contributed by atoms with E-state index >= 15 is 0 Å². The zero-order chi connectivity index (χ0) is 12.7. The predicted octanol–water partition coefficient (Wildman–Crippen LogP) is 2.11. The number of benzene rings is 1. The van der Waals surface area contributed by atoms with Gasteiger partial charge in [0, 0.05) is 25.6 Å². The first kappa shape index (κ1) is 13.5. The number of likely N-dealkylation sites (N-methyl/N-ethyl adjacent to an activating group) is 1. The van der Waals surface area contributed by atoms with Crippen molar-refractivity contribution < 1.29 is 4.79 Å². The summed E-state index contributed by atoms with van der Waals surface area (Å²) < 4.78 is 0. The molecule has 0 heterocycles. The number of nitrogens with zero attached hydrogens (tertiary/aromatic N) is 1. The predicted molar refractivity (Wildman–Crippen MR) is 70.4 cm³/mol. The second-order valence-corrected chi connectivity index (χ2v) is 3.94. The Bertz CT molecular complexity index is 362. The molecular weight excluding hydrogens is 212 g/mol. The highest BCUT2D eigenvalue weighted by Crippen LogP contribution is 2.14. The molecule has 1 unspecified atom stereocenters. The van der Waals surface area contributed by atoms with Crippen molar-refractivity contribution in [3.8, 4) is 0 Å². The average Bonchev–Trinajstić information content (AvgIpc) is 2.36. The summed E-state index contributed by atoms with van der Waals surface area (Å²) in [4.78, 5) is 13.7. The van der Waals surface area contributed by atoms with Crippen molar-refractivity contribution in [2.75, 3.05) is 13.1 Å². The quantitative estimate of drug-likeness (QED) is 0.764. The van der Waals surface area contributed by atoms with Crippen LogP contribution in [0.3, 0.4) is 0 Å². The van der Waals surface area contributed by atoms with Gasteiger partial charge in [-0.1, -0.05) is 36.4 Å². The van der Waals surface area contributed by atoms with Crippen molar-refractivity contribution in [1.29, 1.82) is 0 Å². The van der Waals surface area contributed by atoms with Crippen LogP contribution in [0.5, 0.6) is 0 Å². The summed E-state index contributed by atoms with van der Waals surface area (Å²) in [5, 5.41) is 0. The van der Waals surface area contributed by atoms with Crippen molar-refractivity contribution in [3.05, 3.63) is 48.6 Å². The van der Waals surface area contributed by atoms with E-state index in [4.69, 9.17) is 5.73 Å². The van der Waals surface area contributed by atoms with E-state index in [1.165, 1.54) is 0 Å². The molecule has 0 radical (unpaired) electrons. The summed E-state index contributed by atoms with van der Waals surface area (Å²) in [5.74, 6) is 0.0729. The highest BCUT2D eigenvalue weighted by Gasteiger charge is 2.15. The van der Waals surface area contributed by atoms with Gasteiger partial charge in [-0.05, 0) is 12.5 Å². The monoisotopic (exact) mass is 232 g/mol. The molecule has 0 saturated carbocycles. The lowest BCUT2D eigenvalue weighted by Gasteiger charge is -2.21. The van der Waals surface area contributed by atoms with Crippen molar-refractivity contribution in [2.24, 2.45) is 5.73 Å². The number of carbonyl (C=O) groups excluding carboxylic acids is 1. The summed E-state index contributed by atoms with van der Waals surface area (Å²) in [6.45, 7) is 6.86. The number of hydrogen-bond acceptors (Lipinski definition) is 2. The van der Waals surface area contributed by atoms with E-state index < -0.39 is 0 Å². The van der Waals surface area contributed by atoms with E-state index in [1.54, 1.807) is 11.0 Å². The van der Waals surface area contributed by atoms with E-state index in [1.807, 2.05) is 37.3 Å². The van der Waals surface area contributed by atoms with Gasteiger partial charge in [-0.25, -0.2) is 0 Å². The molecule has 0 aliphatic carbocycles. The van der Waals surface area contributed by atoms with Crippen molar-refractivity contribution in [1.82, 2.24) is 4.90 Å². The van der Waals surface area contributed by atoms with E-state index in [0.29, 0.717) is 19.5 Å². The molecular formula is C14H20N2O. The fourth-order valence-electron chi connectivity index (χ4n) is 1.70. The van der Waals surface area contributed by atoms with Crippen LogP contribution in [-0.2, 0) is 4.79 Å². The molecule has 1 rings (SSSR count). The summed E-state index contributed by atoms with van der Waals surface area (Å²) in [6.07, 6.45) is 2.07. The highest BCUT2D eigenvalue weighted by molar-refractivity contribution is 5.77. The van der Waals surface area contributed by atoms with Gasteiger partial charge >= 0.3 is 0 Å². The van der Waals surface area contributed by atoms with E-state index in [2.05, 4.69) is 6.58 Å². The summed E-state index contributed by atoms with van der Waals surface area (Å²) >= 11 is 0. The van der Waals surface area contributed by atoms with Gasteiger partial charge in [-0.3, -0.25) is 4.79 Å². The van der Waals surface area contributed by atoms with Gasteiger partial charge in [0.1, 0.15) is 0 Å². The van der Waals surface area contributed by atoms with Crippen LogP contribution in [0.4, 0.5) is 0 Å². The number of nitrogens with two attached hydrogens (primary N) is 1. The Morgan fingerprint density at radius 2 is 2.12 bits per heavy atom. The Labute approximate surface area is 103 Å². The summed E-state index contributed by atoms with van der Waals surface area (Å²) in [6, 6.07) is 9.46. The van der Waals surface area contributed by atoms with Gasteiger partial charge < -0.3 is 10.6 Å². The minimum atomic E-state index is -0.234. The van der Waals surface area contributed by atoms with Crippen LogP contribution in [-0.4, -0.2) is 23.9 Å². The Balaban J connectivity index is 2.59. The van der Waals surface area contributed by atoms with E-state index in [9.17, 15) is 4.79 Å². The number of rotatable bonds is 6. The fraction of sp³-hybridized carbons (Fsp3) is 0.357. The molecule has 1 aromatic rings. The maximum absolute atomic E-state index is 11.9. The third-order valence-electron chi connectivity index (χ3n) is 2.71. The molecule has 0 aliphatic heterocycles. The molecule has 0 spiro atoms. The molecule has 0 bridgehead atoms. The summed E-state index contributed by atoms with van der Waals surface area (Å²) in [5.41, 5.74) is 7.01. The molecule has 0 aliphatic rings. The van der Waals surface area contributed by atoms with Crippen molar-refractivity contribution >= 4 is 5.91 Å². The molecule has 1 aromatic carbocycles. The normalized spacial score (nSPS) is 11.9. The third kappa shape index (κ3) is 4.04. The van der Waals surface area contributed by atoms with Gasteiger partial charge in [0.25, 0.3) is 0 Å². The molecule has 1 amide bonds. The fourth-order valence-corrected chi connectivity index (χ4v) is 1.70. The Hall–Kier alpha value is -1.61. The number of hydrogen-bond donors (Lipinski definition) is 1. The molecule has 1 atom stereocenters. The first-order valence-electron chi connectivity index (χ1n) is 5.88.